The van der Waals surface area contributed by atoms with Crippen molar-refractivity contribution in [2.45, 2.75) is 25.6 Å². The predicted molar refractivity (Wildman–Crippen MR) is 51.0 cm³/mol. The zero-order chi connectivity index (χ0) is 9.90. The molecule has 0 amide bonds. The van der Waals surface area contributed by atoms with E-state index in [1.807, 2.05) is 6.92 Å². The molecule has 0 aliphatic rings. The van der Waals surface area contributed by atoms with Crippen molar-refractivity contribution in [1.82, 2.24) is 9.78 Å². The van der Waals surface area contributed by atoms with Gasteiger partial charge in [-0.25, -0.2) is 8.42 Å². The van der Waals surface area contributed by atoms with Crippen molar-refractivity contribution >= 4 is 19.7 Å². The Morgan fingerprint density at radius 2 is 2.31 bits per heavy atom. The van der Waals surface area contributed by atoms with E-state index in [1.54, 1.807) is 10.9 Å². The van der Waals surface area contributed by atoms with E-state index in [0.717, 1.165) is 13.0 Å². The molecule has 1 heterocycles. The van der Waals surface area contributed by atoms with E-state index in [0.29, 0.717) is 5.56 Å². The normalized spacial score (nSPS) is 11.8. The number of hydrogen-bond donors (Lipinski definition) is 0. The number of hydrogen-bond acceptors (Lipinski definition) is 3. The molecule has 74 valence electrons. The van der Waals surface area contributed by atoms with Gasteiger partial charge in [-0.05, 0) is 6.42 Å². The predicted octanol–water partition coefficient (Wildman–Crippen LogP) is 1.36. The largest absolute Gasteiger partial charge is 0.272 e. The minimum Gasteiger partial charge on any atom is -0.272 e. The molecule has 1 rings (SSSR count). The van der Waals surface area contributed by atoms with Crippen LogP contribution in [0.5, 0.6) is 0 Å². The van der Waals surface area contributed by atoms with E-state index in [2.05, 4.69) is 5.10 Å². The van der Waals surface area contributed by atoms with Crippen LogP contribution in [0.3, 0.4) is 0 Å². The van der Waals surface area contributed by atoms with Crippen LogP contribution in [0, 0.1) is 0 Å². The Balaban J connectivity index is 2.69. The van der Waals surface area contributed by atoms with Crippen molar-refractivity contribution < 1.29 is 8.42 Å². The minimum atomic E-state index is -3.46. The first kappa shape index (κ1) is 10.5. The topological polar surface area (TPSA) is 52.0 Å². The summed E-state index contributed by atoms with van der Waals surface area (Å²) < 4.78 is 23.1. The van der Waals surface area contributed by atoms with Gasteiger partial charge < -0.3 is 0 Å². The molecule has 0 fully saturated rings. The monoisotopic (exact) mass is 222 g/mol. The molecule has 0 saturated carbocycles. The summed E-state index contributed by atoms with van der Waals surface area (Å²) in [6, 6.07) is 0. The molecule has 0 saturated heterocycles. The lowest BCUT2D eigenvalue weighted by Crippen LogP contribution is -1.96. The lowest BCUT2D eigenvalue weighted by molar-refractivity contribution is 0.601. The Morgan fingerprint density at radius 1 is 1.62 bits per heavy atom. The van der Waals surface area contributed by atoms with Gasteiger partial charge in [-0.3, -0.25) is 4.68 Å². The molecule has 0 aromatic carbocycles. The van der Waals surface area contributed by atoms with Gasteiger partial charge in [0.1, 0.15) is 0 Å². The summed E-state index contributed by atoms with van der Waals surface area (Å²) in [6.45, 7) is 2.82. The molecule has 1 aromatic heterocycles. The summed E-state index contributed by atoms with van der Waals surface area (Å²) in [6.07, 6.45) is 4.19. The molecule has 0 bridgehead atoms. The van der Waals surface area contributed by atoms with Crippen LogP contribution in [-0.4, -0.2) is 18.2 Å². The summed E-state index contributed by atoms with van der Waals surface area (Å²) in [5.41, 5.74) is 0.628. The second-order valence-corrected chi connectivity index (χ2v) is 5.57. The molecule has 0 N–H and O–H groups in total. The second kappa shape index (κ2) is 4.11. The van der Waals surface area contributed by atoms with E-state index in [4.69, 9.17) is 10.7 Å². The molecule has 4 nitrogen and oxygen atoms in total. The highest BCUT2D eigenvalue weighted by Gasteiger charge is 2.08. The van der Waals surface area contributed by atoms with E-state index in [1.165, 1.54) is 6.20 Å². The van der Waals surface area contributed by atoms with Crippen molar-refractivity contribution in [1.29, 1.82) is 0 Å². The Bertz CT molecular complexity index is 372. The van der Waals surface area contributed by atoms with Crippen molar-refractivity contribution in [2.75, 3.05) is 0 Å². The van der Waals surface area contributed by atoms with Crippen LogP contribution in [0.15, 0.2) is 12.4 Å². The van der Waals surface area contributed by atoms with Gasteiger partial charge in [0.2, 0.25) is 9.05 Å². The summed E-state index contributed by atoms with van der Waals surface area (Å²) in [4.78, 5) is 0. The van der Waals surface area contributed by atoms with E-state index in [9.17, 15) is 8.42 Å². The molecule has 6 heteroatoms. The summed E-state index contributed by atoms with van der Waals surface area (Å²) in [7, 11) is 1.63. The van der Waals surface area contributed by atoms with Gasteiger partial charge in [-0.2, -0.15) is 5.10 Å². The van der Waals surface area contributed by atoms with Crippen LogP contribution in [0.25, 0.3) is 0 Å². The maximum Gasteiger partial charge on any atom is 0.236 e. The van der Waals surface area contributed by atoms with Gasteiger partial charge >= 0.3 is 0 Å². The third kappa shape index (κ3) is 3.78. The highest BCUT2D eigenvalue weighted by Crippen LogP contribution is 2.08. The van der Waals surface area contributed by atoms with Crippen LogP contribution < -0.4 is 0 Å². The van der Waals surface area contributed by atoms with Gasteiger partial charge in [0.05, 0.1) is 11.9 Å². The smallest absolute Gasteiger partial charge is 0.236 e. The number of aromatic nitrogens is 2. The summed E-state index contributed by atoms with van der Waals surface area (Å²) in [5, 5.41) is 3.98. The second-order valence-electron chi connectivity index (χ2n) is 2.79. The van der Waals surface area contributed by atoms with Gasteiger partial charge in [0, 0.05) is 29.0 Å². The van der Waals surface area contributed by atoms with E-state index >= 15 is 0 Å². The number of rotatable bonds is 4. The summed E-state index contributed by atoms with van der Waals surface area (Å²) in [5.74, 6) is -0.154. The van der Waals surface area contributed by atoms with Crippen LogP contribution in [0.1, 0.15) is 18.9 Å². The number of nitrogens with zero attached hydrogens (tertiary/aromatic N) is 2. The standard InChI is InChI=1S/C7H11ClN2O2S/c1-2-3-10-5-7(4-9-10)6-13(8,11)12/h4-5H,2-3,6H2,1H3. The SMILES string of the molecule is CCCn1cc(CS(=O)(=O)Cl)cn1. The van der Waals surface area contributed by atoms with Crippen molar-refractivity contribution in [3.8, 4) is 0 Å². The van der Waals surface area contributed by atoms with Crippen LogP contribution in [0.2, 0.25) is 0 Å². The molecule has 0 aliphatic heterocycles. The van der Waals surface area contributed by atoms with Gasteiger partial charge in [-0.15, -0.1) is 0 Å². The lowest BCUT2D eigenvalue weighted by atomic mass is 10.4. The average molecular weight is 223 g/mol. The Kier molecular flexibility index (Phi) is 3.33. The Labute approximate surface area is 81.9 Å². The number of halogens is 1. The Morgan fingerprint density at radius 3 is 2.85 bits per heavy atom. The first-order valence-corrected chi connectivity index (χ1v) is 6.43. The molecule has 0 atom stereocenters. The van der Waals surface area contributed by atoms with E-state index < -0.39 is 9.05 Å². The maximum absolute atomic E-state index is 10.7. The van der Waals surface area contributed by atoms with Gasteiger partial charge in [0.15, 0.2) is 0 Å². The molecule has 0 spiro atoms. The fourth-order valence-electron chi connectivity index (χ4n) is 1.03. The molecular weight excluding hydrogens is 212 g/mol. The average Bonchev–Trinajstić information content (AvgIpc) is 2.33. The highest BCUT2D eigenvalue weighted by atomic mass is 35.7. The molecule has 0 aliphatic carbocycles. The molecular formula is C7H11ClN2O2S. The first-order chi connectivity index (χ1) is 6.01. The third-order valence-corrected chi connectivity index (χ3v) is 2.48. The summed E-state index contributed by atoms with van der Waals surface area (Å²) >= 11 is 0. The third-order valence-electron chi connectivity index (χ3n) is 1.48. The van der Waals surface area contributed by atoms with Gasteiger partial charge in [-0.1, -0.05) is 6.92 Å². The van der Waals surface area contributed by atoms with Gasteiger partial charge in [0.25, 0.3) is 0 Å². The van der Waals surface area contributed by atoms with Crippen LogP contribution in [0.4, 0.5) is 0 Å². The number of aryl methyl sites for hydroxylation is 1. The molecule has 0 radical (unpaired) electrons. The molecule has 0 unspecified atom stereocenters. The zero-order valence-electron chi connectivity index (χ0n) is 7.27. The molecule has 13 heavy (non-hydrogen) atoms. The van der Waals surface area contributed by atoms with Crippen LogP contribution >= 0.6 is 10.7 Å². The maximum atomic E-state index is 10.7. The molecule has 1 aromatic rings. The van der Waals surface area contributed by atoms with E-state index in [-0.39, 0.29) is 5.75 Å². The van der Waals surface area contributed by atoms with Crippen molar-refractivity contribution in [3.05, 3.63) is 18.0 Å². The van der Waals surface area contributed by atoms with Crippen LogP contribution in [-0.2, 0) is 21.3 Å². The quantitative estimate of drug-likeness (QED) is 0.723. The van der Waals surface area contributed by atoms with Crippen molar-refractivity contribution in [3.63, 3.8) is 0 Å². The first-order valence-electron chi connectivity index (χ1n) is 3.95. The minimum absolute atomic E-state index is 0.154. The fourth-order valence-corrected chi connectivity index (χ4v) is 1.96. The lowest BCUT2D eigenvalue weighted by Gasteiger charge is -1.94. The fraction of sp³-hybridized carbons (Fsp3) is 0.571. The highest BCUT2D eigenvalue weighted by molar-refractivity contribution is 8.13. The Hall–Kier alpha value is -0.550. The van der Waals surface area contributed by atoms with Crippen molar-refractivity contribution in [2.24, 2.45) is 0 Å². The zero-order valence-corrected chi connectivity index (χ0v) is 8.85.